The maximum absolute atomic E-state index is 11.9. The first-order chi connectivity index (χ1) is 9.50. The lowest BCUT2D eigenvalue weighted by Gasteiger charge is -2.09. The Morgan fingerprint density at radius 3 is 2.60 bits per heavy atom. The molecule has 0 saturated heterocycles. The highest BCUT2D eigenvalue weighted by Crippen LogP contribution is 2.23. The van der Waals surface area contributed by atoms with Gasteiger partial charge in [-0.1, -0.05) is 28.1 Å². The molecule has 108 valence electrons. The summed E-state index contributed by atoms with van der Waals surface area (Å²) in [6.45, 7) is 0.437. The third-order valence-corrected chi connectivity index (χ3v) is 4.70. The number of fused-ring (bicyclic) bond motifs is 1. The zero-order valence-corrected chi connectivity index (χ0v) is 13.5. The van der Waals surface area contributed by atoms with Gasteiger partial charge in [0.2, 0.25) is 10.0 Å². The standard InChI is InChI=1S/C14H16BrNO3S/c1-19-7-2-8-20(17,18)16-14-6-4-11-9-13(15)5-3-12(11)10-14/h3-6,9-10,16H,2,7-8H2,1H3. The summed E-state index contributed by atoms with van der Waals surface area (Å²) in [6.07, 6.45) is 0.479. The SMILES string of the molecule is COCCCS(=O)(=O)Nc1ccc2cc(Br)ccc2c1. The van der Waals surface area contributed by atoms with E-state index in [-0.39, 0.29) is 5.75 Å². The largest absolute Gasteiger partial charge is 0.385 e. The summed E-state index contributed by atoms with van der Waals surface area (Å²) in [5.41, 5.74) is 0.581. The molecule has 0 amide bonds. The van der Waals surface area contributed by atoms with Crippen LogP contribution in [0.15, 0.2) is 40.9 Å². The summed E-state index contributed by atoms with van der Waals surface area (Å²) in [5.74, 6) is 0.0548. The molecule has 0 heterocycles. The fourth-order valence-corrected chi connectivity index (χ4v) is 3.37. The number of methoxy groups -OCH3 is 1. The molecule has 20 heavy (non-hydrogen) atoms. The van der Waals surface area contributed by atoms with Gasteiger partial charge in [0.05, 0.1) is 5.75 Å². The molecule has 0 aliphatic heterocycles. The highest BCUT2D eigenvalue weighted by molar-refractivity contribution is 9.10. The Kier molecular flexibility index (Phi) is 5.01. The van der Waals surface area contributed by atoms with Gasteiger partial charge in [-0.15, -0.1) is 0 Å². The van der Waals surface area contributed by atoms with Crippen molar-refractivity contribution in [3.8, 4) is 0 Å². The normalized spacial score (nSPS) is 11.7. The van der Waals surface area contributed by atoms with Gasteiger partial charge in [-0.3, -0.25) is 4.72 Å². The van der Waals surface area contributed by atoms with Gasteiger partial charge in [0.1, 0.15) is 0 Å². The Labute approximate surface area is 127 Å². The summed E-state index contributed by atoms with van der Waals surface area (Å²) in [6, 6.07) is 11.4. The average molecular weight is 358 g/mol. The molecule has 0 fully saturated rings. The molecule has 0 radical (unpaired) electrons. The van der Waals surface area contributed by atoms with Crippen molar-refractivity contribution in [2.45, 2.75) is 6.42 Å². The molecule has 0 aliphatic rings. The first kappa shape index (κ1) is 15.3. The third-order valence-electron chi connectivity index (χ3n) is 2.84. The maximum atomic E-state index is 11.9. The molecule has 0 aromatic heterocycles. The van der Waals surface area contributed by atoms with Crippen molar-refractivity contribution in [1.29, 1.82) is 0 Å². The number of rotatable bonds is 6. The fourth-order valence-electron chi connectivity index (χ4n) is 1.90. The van der Waals surface area contributed by atoms with Gasteiger partial charge in [0, 0.05) is 23.9 Å². The molecular formula is C14H16BrNO3S. The van der Waals surface area contributed by atoms with Crippen LogP contribution in [0.25, 0.3) is 10.8 Å². The predicted octanol–water partition coefficient (Wildman–Crippen LogP) is 3.38. The van der Waals surface area contributed by atoms with Gasteiger partial charge in [0.15, 0.2) is 0 Å². The quantitative estimate of drug-likeness (QED) is 0.806. The lowest BCUT2D eigenvalue weighted by atomic mass is 10.1. The van der Waals surface area contributed by atoms with Crippen molar-refractivity contribution < 1.29 is 13.2 Å². The van der Waals surface area contributed by atoms with E-state index in [9.17, 15) is 8.42 Å². The number of halogens is 1. The van der Waals surface area contributed by atoms with Gasteiger partial charge in [-0.05, 0) is 41.5 Å². The van der Waals surface area contributed by atoms with Crippen LogP contribution in [0.4, 0.5) is 5.69 Å². The van der Waals surface area contributed by atoms with Crippen LogP contribution in [-0.2, 0) is 14.8 Å². The average Bonchev–Trinajstić information content (AvgIpc) is 2.38. The lowest BCUT2D eigenvalue weighted by molar-refractivity contribution is 0.199. The fraction of sp³-hybridized carbons (Fsp3) is 0.286. The minimum absolute atomic E-state index is 0.0548. The molecular weight excluding hydrogens is 342 g/mol. The minimum atomic E-state index is -3.32. The van der Waals surface area contributed by atoms with Gasteiger partial charge in [-0.25, -0.2) is 8.42 Å². The summed E-state index contributed by atoms with van der Waals surface area (Å²) < 4.78 is 32.2. The van der Waals surface area contributed by atoms with Gasteiger partial charge >= 0.3 is 0 Å². The smallest absolute Gasteiger partial charge is 0.232 e. The number of benzene rings is 2. The van der Waals surface area contributed by atoms with Crippen LogP contribution in [0.5, 0.6) is 0 Å². The second-order valence-corrected chi connectivity index (χ2v) is 7.23. The van der Waals surface area contributed by atoms with E-state index >= 15 is 0 Å². The summed E-state index contributed by atoms with van der Waals surface area (Å²) in [4.78, 5) is 0. The molecule has 6 heteroatoms. The second-order valence-electron chi connectivity index (χ2n) is 4.47. The second kappa shape index (κ2) is 6.56. The van der Waals surface area contributed by atoms with E-state index in [0.717, 1.165) is 15.2 Å². The predicted molar refractivity (Wildman–Crippen MR) is 85.6 cm³/mol. The molecule has 4 nitrogen and oxygen atoms in total. The van der Waals surface area contributed by atoms with Crippen LogP contribution in [0.2, 0.25) is 0 Å². The van der Waals surface area contributed by atoms with Gasteiger partial charge < -0.3 is 4.74 Å². The van der Waals surface area contributed by atoms with E-state index in [1.807, 2.05) is 30.3 Å². The zero-order valence-electron chi connectivity index (χ0n) is 11.1. The molecule has 0 atom stereocenters. The molecule has 0 spiro atoms. The van der Waals surface area contributed by atoms with Crippen molar-refractivity contribution in [1.82, 2.24) is 0 Å². The molecule has 1 N–H and O–H groups in total. The van der Waals surface area contributed by atoms with Crippen molar-refractivity contribution in [3.05, 3.63) is 40.9 Å². The minimum Gasteiger partial charge on any atom is -0.385 e. The van der Waals surface area contributed by atoms with Gasteiger partial charge in [0.25, 0.3) is 0 Å². The Morgan fingerprint density at radius 2 is 1.85 bits per heavy atom. The Bertz CT molecular complexity index is 701. The number of sulfonamides is 1. The third kappa shape index (κ3) is 4.19. The highest BCUT2D eigenvalue weighted by Gasteiger charge is 2.10. The molecule has 0 saturated carbocycles. The molecule has 0 bridgehead atoms. The molecule has 2 aromatic rings. The highest BCUT2D eigenvalue weighted by atomic mass is 79.9. The molecule has 2 rings (SSSR count). The van der Waals surface area contributed by atoms with Crippen LogP contribution in [-0.4, -0.2) is 27.9 Å². The van der Waals surface area contributed by atoms with E-state index in [1.54, 1.807) is 13.2 Å². The maximum Gasteiger partial charge on any atom is 0.232 e. The number of anilines is 1. The van der Waals surface area contributed by atoms with E-state index in [1.165, 1.54) is 0 Å². The first-order valence-electron chi connectivity index (χ1n) is 6.19. The van der Waals surface area contributed by atoms with Crippen molar-refractivity contribution in [2.24, 2.45) is 0 Å². The van der Waals surface area contributed by atoms with E-state index in [2.05, 4.69) is 20.7 Å². The lowest BCUT2D eigenvalue weighted by Crippen LogP contribution is -2.17. The summed E-state index contributed by atoms with van der Waals surface area (Å²) >= 11 is 3.41. The number of nitrogens with one attached hydrogen (secondary N) is 1. The van der Waals surface area contributed by atoms with Crippen molar-refractivity contribution >= 4 is 42.4 Å². The summed E-state index contributed by atoms with van der Waals surface area (Å²) in [5, 5.41) is 2.05. The zero-order chi connectivity index (χ0) is 14.6. The Hall–Kier alpha value is -1.11. The van der Waals surface area contributed by atoms with Crippen molar-refractivity contribution in [2.75, 3.05) is 24.2 Å². The van der Waals surface area contributed by atoms with Crippen LogP contribution >= 0.6 is 15.9 Å². The summed E-state index contributed by atoms with van der Waals surface area (Å²) in [7, 11) is -1.77. The van der Waals surface area contributed by atoms with Crippen molar-refractivity contribution in [3.63, 3.8) is 0 Å². The number of hydrogen-bond donors (Lipinski definition) is 1. The van der Waals surface area contributed by atoms with Crippen LogP contribution in [0.3, 0.4) is 0 Å². The first-order valence-corrected chi connectivity index (χ1v) is 8.63. The van der Waals surface area contributed by atoms with E-state index in [0.29, 0.717) is 18.7 Å². The molecule has 0 unspecified atom stereocenters. The Balaban J connectivity index is 2.15. The number of ether oxygens (including phenoxy) is 1. The van der Waals surface area contributed by atoms with E-state index < -0.39 is 10.0 Å². The number of hydrogen-bond acceptors (Lipinski definition) is 3. The van der Waals surface area contributed by atoms with Crippen LogP contribution < -0.4 is 4.72 Å². The molecule has 0 aliphatic carbocycles. The van der Waals surface area contributed by atoms with Crippen LogP contribution in [0.1, 0.15) is 6.42 Å². The molecule has 2 aromatic carbocycles. The Morgan fingerprint density at radius 1 is 1.15 bits per heavy atom. The monoisotopic (exact) mass is 357 g/mol. The topological polar surface area (TPSA) is 55.4 Å². The van der Waals surface area contributed by atoms with Gasteiger partial charge in [-0.2, -0.15) is 0 Å². The van der Waals surface area contributed by atoms with E-state index in [4.69, 9.17) is 4.74 Å². The van der Waals surface area contributed by atoms with Crippen LogP contribution in [0, 0.1) is 0 Å².